The van der Waals surface area contributed by atoms with E-state index in [-0.39, 0.29) is 11.6 Å². The molecule has 0 atom stereocenters. The second-order valence-corrected chi connectivity index (χ2v) is 8.12. The molecule has 188 valence electrons. The maximum atomic E-state index is 12.1. The minimum Gasteiger partial charge on any atom is -0.494 e. The fourth-order valence-corrected chi connectivity index (χ4v) is 3.97. The van der Waals surface area contributed by atoms with E-state index in [0.717, 1.165) is 5.69 Å². The first-order valence-electron chi connectivity index (χ1n) is 11.2. The number of carbonyl (C=O) groups is 1. The third-order valence-corrected chi connectivity index (χ3v) is 5.71. The lowest BCUT2D eigenvalue weighted by Crippen LogP contribution is -2.36. The summed E-state index contributed by atoms with van der Waals surface area (Å²) >= 11 is 0. The van der Waals surface area contributed by atoms with Gasteiger partial charge in [-0.1, -0.05) is 12.1 Å². The zero-order valence-electron chi connectivity index (χ0n) is 20.2. The molecule has 1 aliphatic heterocycles. The minimum absolute atomic E-state index is 0.0780. The highest BCUT2D eigenvalue weighted by Crippen LogP contribution is 2.40. The highest BCUT2D eigenvalue weighted by molar-refractivity contribution is 5.91. The van der Waals surface area contributed by atoms with Crippen LogP contribution in [-0.4, -0.2) is 68.8 Å². The van der Waals surface area contributed by atoms with E-state index in [9.17, 15) is 14.9 Å². The molecular weight excluding hydrogens is 466 g/mol. The van der Waals surface area contributed by atoms with Crippen LogP contribution in [-0.2, 0) is 9.53 Å². The minimum atomic E-state index is -0.432. The number of hydrogen-bond donors (Lipinski definition) is 1. The molecule has 1 amide bonds. The van der Waals surface area contributed by atoms with Crippen molar-refractivity contribution in [1.29, 1.82) is 0 Å². The van der Waals surface area contributed by atoms with Gasteiger partial charge < -0.3 is 24.6 Å². The van der Waals surface area contributed by atoms with Crippen LogP contribution >= 0.6 is 0 Å². The largest absolute Gasteiger partial charge is 0.494 e. The first-order valence-corrected chi connectivity index (χ1v) is 11.2. The fourth-order valence-electron chi connectivity index (χ4n) is 3.97. The summed E-state index contributed by atoms with van der Waals surface area (Å²) in [6, 6.07) is 12.1. The van der Waals surface area contributed by atoms with Gasteiger partial charge in [-0.2, -0.15) is 4.98 Å². The molecule has 0 radical (unpaired) electrons. The predicted molar refractivity (Wildman–Crippen MR) is 137 cm³/mol. The maximum absolute atomic E-state index is 12.1. The number of nitro benzene ring substituents is 1. The Morgan fingerprint density at radius 1 is 1.17 bits per heavy atom. The molecule has 2 aromatic carbocycles. The molecule has 0 spiro atoms. The molecule has 36 heavy (non-hydrogen) atoms. The number of hydrogen-bond acceptors (Lipinski definition) is 10. The van der Waals surface area contributed by atoms with Crippen molar-refractivity contribution in [3.8, 4) is 5.75 Å². The van der Waals surface area contributed by atoms with E-state index >= 15 is 0 Å². The van der Waals surface area contributed by atoms with E-state index in [4.69, 9.17) is 9.47 Å². The zero-order chi connectivity index (χ0) is 25.7. The third-order valence-electron chi connectivity index (χ3n) is 5.71. The molecule has 4 rings (SSSR count). The van der Waals surface area contributed by atoms with Crippen LogP contribution in [0.2, 0.25) is 0 Å². The highest BCUT2D eigenvalue weighted by atomic mass is 16.6. The quantitative estimate of drug-likeness (QED) is 0.269. The molecular formula is C24H27N7O5. The summed E-state index contributed by atoms with van der Waals surface area (Å²) in [4.78, 5) is 37.5. The Balaban J connectivity index is 1.69. The Hall–Kier alpha value is -4.45. The summed E-state index contributed by atoms with van der Waals surface area (Å²) in [7, 11) is 5.25. The summed E-state index contributed by atoms with van der Waals surface area (Å²) in [5, 5.41) is 14.9. The van der Waals surface area contributed by atoms with E-state index in [1.165, 1.54) is 24.3 Å². The van der Waals surface area contributed by atoms with Crippen LogP contribution in [0.3, 0.4) is 0 Å². The molecule has 0 bridgehead atoms. The fraction of sp³-hybridized carbons (Fsp3) is 0.292. The summed E-state index contributed by atoms with van der Waals surface area (Å²) in [6.07, 6.45) is 2.18. The SMILES string of the molecule is COc1cc(N2CCOCC2)c([N+](=O)[O-])cc1Nc1nccc(N(C=O)c2ccccc2N(C)C)n1. The zero-order valence-corrected chi connectivity index (χ0v) is 20.2. The van der Waals surface area contributed by atoms with Crippen LogP contribution in [0.4, 0.5) is 40.2 Å². The number of benzene rings is 2. The Morgan fingerprint density at radius 3 is 2.53 bits per heavy atom. The summed E-state index contributed by atoms with van der Waals surface area (Å²) in [6.45, 7) is 2.06. The van der Waals surface area contributed by atoms with Crippen LogP contribution in [0.25, 0.3) is 0 Å². The summed E-state index contributed by atoms with van der Waals surface area (Å²) in [5.74, 6) is 0.866. The molecule has 0 unspecified atom stereocenters. The average Bonchev–Trinajstić information content (AvgIpc) is 2.90. The van der Waals surface area contributed by atoms with Gasteiger partial charge in [0.15, 0.2) is 0 Å². The van der Waals surface area contributed by atoms with Gasteiger partial charge in [0.2, 0.25) is 12.4 Å². The van der Waals surface area contributed by atoms with Crippen molar-refractivity contribution >= 4 is 46.6 Å². The molecule has 1 saturated heterocycles. The van der Waals surface area contributed by atoms with E-state index in [1.54, 1.807) is 12.1 Å². The van der Waals surface area contributed by atoms with E-state index in [2.05, 4.69) is 15.3 Å². The number of aromatic nitrogens is 2. The highest BCUT2D eigenvalue weighted by Gasteiger charge is 2.25. The number of methoxy groups -OCH3 is 1. The smallest absolute Gasteiger partial charge is 0.294 e. The number of amides is 1. The maximum Gasteiger partial charge on any atom is 0.294 e. The van der Waals surface area contributed by atoms with Gasteiger partial charge in [0.05, 0.1) is 42.3 Å². The number of carbonyl (C=O) groups excluding carboxylic acids is 1. The molecule has 1 aromatic heterocycles. The first-order chi connectivity index (χ1) is 17.4. The number of nitrogens with zero attached hydrogens (tertiary/aromatic N) is 6. The molecule has 0 saturated carbocycles. The topological polar surface area (TPSA) is 126 Å². The van der Waals surface area contributed by atoms with Gasteiger partial charge in [0, 0.05) is 45.5 Å². The Morgan fingerprint density at radius 2 is 1.89 bits per heavy atom. The first kappa shape index (κ1) is 24.7. The number of nitrogens with one attached hydrogen (secondary N) is 1. The molecule has 12 heteroatoms. The van der Waals surface area contributed by atoms with Crippen molar-refractivity contribution in [3.05, 3.63) is 58.8 Å². The van der Waals surface area contributed by atoms with Crippen molar-refractivity contribution in [3.63, 3.8) is 0 Å². The Kier molecular flexibility index (Phi) is 7.44. The van der Waals surface area contributed by atoms with Crippen molar-refractivity contribution < 1.29 is 19.2 Å². The van der Waals surface area contributed by atoms with Crippen LogP contribution < -0.4 is 24.8 Å². The predicted octanol–water partition coefficient (Wildman–Crippen LogP) is 3.33. The van der Waals surface area contributed by atoms with Gasteiger partial charge in [-0.25, -0.2) is 4.98 Å². The molecule has 1 aliphatic rings. The Labute approximate surface area is 208 Å². The lowest BCUT2D eigenvalue weighted by molar-refractivity contribution is -0.384. The third kappa shape index (κ3) is 5.13. The second-order valence-electron chi connectivity index (χ2n) is 8.12. The molecule has 12 nitrogen and oxygen atoms in total. The molecule has 2 heterocycles. The number of anilines is 6. The lowest BCUT2D eigenvalue weighted by Gasteiger charge is -2.29. The van der Waals surface area contributed by atoms with E-state index in [1.807, 2.05) is 48.2 Å². The van der Waals surface area contributed by atoms with Gasteiger partial charge >= 0.3 is 0 Å². The molecule has 0 aliphatic carbocycles. The second kappa shape index (κ2) is 10.9. The van der Waals surface area contributed by atoms with Crippen molar-refractivity contribution in [1.82, 2.24) is 9.97 Å². The number of rotatable bonds is 9. The molecule has 3 aromatic rings. The van der Waals surface area contributed by atoms with Gasteiger partial charge in [-0.05, 0) is 18.2 Å². The summed E-state index contributed by atoms with van der Waals surface area (Å²) in [5.41, 5.74) is 2.17. The van der Waals surface area contributed by atoms with E-state index in [0.29, 0.717) is 61.3 Å². The van der Waals surface area contributed by atoms with E-state index < -0.39 is 4.92 Å². The molecule has 1 N–H and O–H groups in total. The average molecular weight is 494 g/mol. The van der Waals surface area contributed by atoms with Gasteiger partial charge in [-0.15, -0.1) is 0 Å². The monoisotopic (exact) mass is 493 g/mol. The van der Waals surface area contributed by atoms with Gasteiger partial charge in [0.25, 0.3) is 5.69 Å². The van der Waals surface area contributed by atoms with Crippen molar-refractivity contribution in [2.45, 2.75) is 0 Å². The van der Waals surface area contributed by atoms with Crippen LogP contribution in [0.1, 0.15) is 0 Å². The van der Waals surface area contributed by atoms with Crippen LogP contribution in [0, 0.1) is 10.1 Å². The molecule has 1 fully saturated rings. The number of para-hydroxylation sites is 2. The lowest BCUT2D eigenvalue weighted by atomic mass is 10.2. The van der Waals surface area contributed by atoms with Gasteiger partial charge in [0.1, 0.15) is 17.3 Å². The number of nitro groups is 1. The van der Waals surface area contributed by atoms with Crippen LogP contribution in [0.5, 0.6) is 5.75 Å². The van der Waals surface area contributed by atoms with Crippen molar-refractivity contribution in [2.75, 3.05) is 67.5 Å². The normalized spacial score (nSPS) is 13.1. The Bertz CT molecular complexity index is 1250. The number of ether oxygens (including phenoxy) is 2. The standard InChI is InChI=1S/C24H27N7O5/c1-28(2)18-6-4-5-7-19(18)30(16-32)23-8-9-25-24(27-23)26-17-14-21(31(33)34)20(15-22(17)35-3)29-10-12-36-13-11-29/h4-9,14-16H,10-13H2,1-3H3,(H,25,26,27). The van der Waals surface area contributed by atoms with Crippen molar-refractivity contribution in [2.24, 2.45) is 0 Å². The summed E-state index contributed by atoms with van der Waals surface area (Å²) < 4.78 is 10.9. The van der Waals surface area contributed by atoms with Crippen LogP contribution in [0.15, 0.2) is 48.7 Å². The van der Waals surface area contributed by atoms with Gasteiger partial charge in [-0.3, -0.25) is 19.8 Å². The number of morpholine rings is 1.